The Morgan fingerprint density at radius 2 is 2.25 bits per heavy atom. The van der Waals surface area contributed by atoms with Crippen LogP contribution in [-0.2, 0) is 6.42 Å². The van der Waals surface area contributed by atoms with Crippen LogP contribution in [0.3, 0.4) is 0 Å². The van der Waals surface area contributed by atoms with Crippen LogP contribution in [-0.4, -0.2) is 13.7 Å². The molecule has 0 bridgehead atoms. The van der Waals surface area contributed by atoms with E-state index in [4.69, 9.17) is 4.74 Å². The molecule has 64 valence electrons. The Bertz CT molecular complexity index is 307. The molecule has 0 atom stereocenters. The normalized spacial score (nSPS) is 13.8. The van der Waals surface area contributed by atoms with Crippen LogP contribution in [0.25, 0.3) is 0 Å². The average molecular weight is 163 g/mol. The maximum absolute atomic E-state index is 5.23. The first-order valence-corrected chi connectivity index (χ1v) is 4.23. The molecule has 1 N–H and O–H groups in total. The summed E-state index contributed by atoms with van der Waals surface area (Å²) in [7, 11) is 1.71. The molecule has 1 aliphatic heterocycles. The van der Waals surface area contributed by atoms with Crippen molar-refractivity contribution >= 4 is 5.69 Å². The first-order chi connectivity index (χ1) is 5.83. The van der Waals surface area contributed by atoms with Gasteiger partial charge in [-0.05, 0) is 25.0 Å². The minimum absolute atomic E-state index is 0.975. The second-order valence-corrected chi connectivity index (χ2v) is 3.10. The van der Waals surface area contributed by atoms with Crippen LogP contribution in [0.2, 0.25) is 0 Å². The van der Waals surface area contributed by atoms with Crippen molar-refractivity contribution in [3.05, 3.63) is 23.3 Å². The molecule has 2 rings (SSSR count). The fourth-order valence-corrected chi connectivity index (χ4v) is 1.75. The molecule has 0 radical (unpaired) electrons. The lowest BCUT2D eigenvalue weighted by Gasteiger charge is -2.09. The number of benzene rings is 1. The molecule has 1 aromatic carbocycles. The molecule has 0 amide bonds. The van der Waals surface area contributed by atoms with E-state index in [0.717, 1.165) is 18.7 Å². The number of rotatable bonds is 1. The van der Waals surface area contributed by atoms with Gasteiger partial charge in [0.25, 0.3) is 0 Å². The molecule has 0 spiro atoms. The first kappa shape index (κ1) is 7.47. The van der Waals surface area contributed by atoms with Gasteiger partial charge in [0.1, 0.15) is 5.75 Å². The minimum Gasteiger partial charge on any atom is -0.496 e. The number of fused-ring (bicyclic) bond motifs is 1. The molecule has 0 aliphatic carbocycles. The zero-order chi connectivity index (χ0) is 8.55. The van der Waals surface area contributed by atoms with Crippen LogP contribution >= 0.6 is 0 Å². The van der Waals surface area contributed by atoms with E-state index in [-0.39, 0.29) is 0 Å². The van der Waals surface area contributed by atoms with E-state index >= 15 is 0 Å². The van der Waals surface area contributed by atoms with Gasteiger partial charge in [0.05, 0.1) is 7.11 Å². The molecule has 0 fully saturated rings. The van der Waals surface area contributed by atoms with Crippen LogP contribution in [0, 0.1) is 6.92 Å². The summed E-state index contributed by atoms with van der Waals surface area (Å²) in [6, 6.07) is 4.18. The van der Waals surface area contributed by atoms with Crippen LogP contribution in [0.15, 0.2) is 12.1 Å². The van der Waals surface area contributed by atoms with Crippen molar-refractivity contribution in [3.63, 3.8) is 0 Å². The van der Waals surface area contributed by atoms with Crippen molar-refractivity contribution in [2.24, 2.45) is 0 Å². The maximum Gasteiger partial charge on any atom is 0.123 e. The second kappa shape index (κ2) is 2.70. The van der Waals surface area contributed by atoms with E-state index < -0.39 is 0 Å². The molecule has 0 saturated carbocycles. The Kier molecular flexibility index (Phi) is 1.68. The monoisotopic (exact) mass is 163 g/mol. The zero-order valence-corrected chi connectivity index (χ0v) is 7.48. The fourth-order valence-electron chi connectivity index (χ4n) is 1.75. The molecule has 2 heteroatoms. The summed E-state index contributed by atoms with van der Waals surface area (Å²) in [5.74, 6) is 0.975. The van der Waals surface area contributed by atoms with Gasteiger partial charge >= 0.3 is 0 Å². The second-order valence-electron chi connectivity index (χ2n) is 3.10. The van der Waals surface area contributed by atoms with Crippen LogP contribution in [0.4, 0.5) is 5.69 Å². The Hall–Kier alpha value is -1.18. The number of ether oxygens (including phenoxy) is 1. The smallest absolute Gasteiger partial charge is 0.123 e. The lowest BCUT2D eigenvalue weighted by molar-refractivity contribution is 0.412. The molecule has 12 heavy (non-hydrogen) atoms. The summed E-state index contributed by atoms with van der Waals surface area (Å²) in [5, 5.41) is 3.36. The van der Waals surface area contributed by atoms with Gasteiger partial charge in [0.15, 0.2) is 0 Å². The summed E-state index contributed by atoms with van der Waals surface area (Å²) in [6.45, 7) is 3.15. The molecule has 1 heterocycles. The average Bonchev–Trinajstić information content (AvgIpc) is 2.53. The van der Waals surface area contributed by atoms with Crippen LogP contribution in [0.1, 0.15) is 11.1 Å². The Balaban J connectivity index is 2.54. The third kappa shape index (κ3) is 0.951. The Morgan fingerprint density at radius 3 is 3.00 bits per heavy atom. The maximum atomic E-state index is 5.23. The predicted octanol–water partition coefficient (Wildman–Crippen LogP) is 1.97. The number of hydrogen-bond donors (Lipinski definition) is 1. The molecule has 0 unspecified atom stereocenters. The van der Waals surface area contributed by atoms with Gasteiger partial charge in [-0.2, -0.15) is 0 Å². The van der Waals surface area contributed by atoms with E-state index in [1.54, 1.807) is 7.11 Å². The molecular weight excluding hydrogens is 150 g/mol. The van der Waals surface area contributed by atoms with Crippen LogP contribution in [0.5, 0.6) is 5.75 Å². The highest BCUT2D eigenvalue weighted by molar-refractivity contribution is 5.65. The van der Waals surface area contributed by atoms with Crippen molar-refractivity contribution in [2.45, 2.75) is 13.3 Å². The quantitative estimate of drug-likeness (QED) is 0.683. The van der Waals surface area contributed by atoms with Gasteiger partial charge in [-0.1, -0.05) is 6.07 Å². The molecule has 0 saturated heterocycles. The number of anilines is 1. The topological polar surface area (TPSA) is 21.3 Å². The van der Waals surface area contributed by atoms with E-state index in [1.807, 2.05) is 6.07 Å². The third-order valence-corrected chi connectivity index (χ3v) is 2.42. The standard InChI is InChI=1S/C10H13NO/c1-7-9(12-2)4-3-8-5-6-11-10(7)8/h3-4,11H,5-6H2,1-2H3. The van der Waals surface area contributed by atoms with Gasteiger partial charge in [0.2, 0.25) is 0 Å². The highest BCUT2D eigenvalue weighted by Crippen LogP contribution is 2.32. The lowest BCUT2D eigenvalue weighted by atomic mass is 10.1. The van der Waals surface area contributed by atoms with Crippen molar-refractivity contribution < 1.29 is 4.74 Å². The summed E-state index contributed by atoms with van der Waals surface area (Å²) < 4.78 is 5.23. The van der Waals surface area contributed by atoms with E-state index in [9.17, 15) is 0 Å². The van der Waals surface area contributed by atoms with Crippen molar-refractivity contribution in [3.8, 4) is 5.75 Å². The van der Waals surface area contributed by atoms with Crippen molar-refractivity contribution in [2.75, 3.05) is 19.0 Å². The van der Waals surface area contributed by atoms with Gasteiger partial charge in [-0.3, -0.25) is 0 Å². The largest absolute Gasteiger partial charge is 0.496 e. The lowest BCUT2D eigenvalue weighted by Crippen LogP contribution is -1.94. The highest BCUT2D eigenvalue weighted by Gasteiger charge is 2.14. The first-order valence-electron chi connectivity index (χ1n) is 4.23. The summed E-state index contributed by atoms with van der Waals surface area (Å²) in [6.07, 6.45) is 1.14. The van der Waals surface area contributed by atoms with E-state index in [1.165, 1.54) is 16.8 Å². The summed E-state index contributed by atoms with van der Waals surface area (Å²) in [4.78, 5) is 0. The Labute approximate surface area is 72.5 Å². The van der Waals surface area contributed by atoms with Crippen molar-refractivity contribution in [1.82, 2.24) is 0 Å². The SMILES string of the molecule is COc1ccc2c(c1C)NCC2. The van der Waals surface area contributed by atoms with Crippen LogP contribution < -0.4 is 10.1 Å². The Morgan fingerprint density at radius 1 is 1.42 bits per heavy atom. The summed E-state index contributed by atoms with van der Waals surface area (Å²) >= 11 is 0. The number of hydrogen-bond acceptors (Lipinski definition) is 2. The fraction of sp³-hybridized carbons (Fsp3) is 0.400. The van der Waals surface area contributed by atoms with Gasteiger partial charge < -0.3 is 10.1 Å². The number of methoxy groups -OCH3 is 1. The van der Waals surface area contributed by atoms with Gasteiger partial charge in [-0.15, -0.1) is 0 Å². The zero-order valence-electron chi connectivity index (χ0n) is 7.48. The summed E-state index contributed by atoms with van der Waals surface area (Å²) in [5.41, 5.74) is 3.91. The van der Waals surface area contributed by atoms with Gasteiger partial charge in [-0.25, -0.2) is 0 Å². The molecule has 1 aliphatic rings. The third-order valence-electron chi connectivity index (χ3n) is 2.42. The van der Waals surface area contributed by atoms with E-state index in [2.05, 4.69) is 18.3 Å². The highest BCUT2D eigenvalue weighted by atomic mass is 16.5. The van der Waals surface area contributed by atoms with Crippen molar-refractivity contribution in [1.29, 1.82) is 0 Å². The predicted molar refractivity (Wildman–Crippen MR) is 49.9 cm³/mol. The molecule has 0 aromatic heterocycles. The molecule has 2 nitrogen and oxygen atoms in total. The minimum atomic E-state index is 0.975. The van der Waals surface area contributed by atoms with E-state index in [0.29, 0.717) is 0 Å². The van der Waals surface area contributed by atoms with Gasteiger partial charge in [0, 0.05) is 17.8 Å². The molecular formula is C10H13NO. The molecule has 1 aromatic rings. The number of nitrogens with one attached hydrogen (secondary N) is 1.